The first-order valence-corrected chi connectivity index (χ1v) is 11.9. The van der Waals surface area contributed by atoms with E-state index in [2.05, 4.69) is 20.8 Å². The Bertz CT molecular complexity index is 779. The third-order valence-electron chi connectivity index (χ3n) is 4.25. The van der Waals surface area contributed by atoms with E-state index in [0.29, 0.717) is 11.3 Å². The van der Waals surface area contributed by atoms with Crippen molar-refractivity contribution in [3.8, 4) is 5.75 Å². The molecule has 0 amide bonds. The van der Waals surface area contributed by atoms with Crippen molar-refractivity contribution in [3.63, 3.8) is 0 Å². The zero-order chi connectivity index (χ0) is 23.5. The Morgan fingerprint density at radius 2 is 1.50 bits per heavy atom. The summed E-state index contributed by atoms with van der Waals surface area (Å²) < 4.78 is 31.3. The van der Waals surface area contributed by atoms with Gasteiger partial charge in [-0.05, 0) is 77.5 Å². The number of aliphatic carboxylic acids is 1. The van der Waals surface area contributed by atoms with Crippen molar-refractivity contribution in [2.24, 2.45) is 0 Å². The Morgan fingerprint density at radius 1 is 1.00 bits per heavy atom. The number of hydrogen-bond donors (Lipinski definition) is 1. The van der Waals surface area contributed by atoms with Crippen LogP contribution in [-0.2, 0) is 30.2 Å². The second-order valence-corrected chi connectivity index (χ2v) is 11.9. The summed E-state index contributed by atoms with van der Waals surface area (Å²) >= 11 is 0. The second-order valence-electron chi connectivity index (χ2n) is 10.4. The number of benzene rings is 1. The molecule has 0 saturated carbocycles. The van der Waals surface area contributed by atoms with Crippen LogP contribution in [0.2, 0.25) is 0 Å². The normalized spacial score (nSPS) is 13.4. The lowest BCUT2D eigenvalue weighted by molar-refractivity contribution is -0.136. The molecule has 0 unspecified atom stereocenters. The number of rotatable bonds is 9. The van der Waals surface area contributed by atoms with Crippen molar-refractivity contribution in [3.05, 3.63) is 28.8 Å². The standard InChI is InChI=1S/C23H39O6P/c1-11-12-23(9,10)20-16(2)13-17(15-19(24)25)14-18(20)27-30(26,28-21(3,4)5)29-22(6,7)8/h13-14H,11-12,15H2,1-10H3,(H,24,25). The zero-order valence-corrected chi connectivity index (χ0v) is 21.1. The first kappa shape index (κ1) is 26.7. The highest BCUT2D eigenvalue weighted by Gasteiger charge is 2.40. The van der Waals surface area contributed by atoms with E-state index in [-0.39, 0.29) is 11.8 Å². The molecular weight excluding hydrogens is 403 g/mol. The smallest absolute Gasteiger partial charge is 0.481 e. The van der Waals surface area contributed by atoms with Gasteiger partial charge in [0, 0.05) is 5.56 Å². The van der Waals surface area contributed by atoms with Crippen molar-refractivity contribution in [2.45, 2.75) is 105 Å². The molecule has 0 radical (unpaired) electrons. The van der Waals surface area contributed by atoms with Crippen LogP contribution in [0.4, 0.5) is 0 Å². The van der Waals surface area contributed by atoms with Crippen LogP contribution in [0.1, 0.15) is 91.8 Å². The molecule has 1 rings (SSSR count). The summed E-state index contributed by atoms with van der Waals surface area (Å²) in [6, 6.07) is 3.51. The van der Waals surface area contributed by atoms with Gasteiger partial charge in [0.15, 0.2) is 0 Å². The quantitative estimate of drug-likeness (QED) is 0.423. The first-order valence-electron chi connectivity index (χ1n) is 10.4. The highest BCUT2D eigenvalue weighted by molar-refractivity contribution is 7.49. The molecule has 1 aromatic rings. The molecule has 0 aromatic heterocycles. The average Bonchev–Trinajstić information content (AvgIpc) is 2.39. The van der Waals surface area contributed by atoms with Crippen LogP contribution < -0.4 is 4.52 Å². The molecule has 172 valence electrons. The highest BCUT2D eigenvalue weighted by Crippen LogP contribution is 2.57. The molecule has 0 aliphatic rings. The lowest BCUT2D eigenvalue weighted by atomic mass is 9.77. The predicted octanol–water partition coefficient (Wildman–Crippen LogP) is 6.82. The second kappa shape index (κ2) is 9.42. The van der Waals surface area contributed by atoms with Gasteiger partial charge in [-0.3, -0.25) is 13.8 Å². The van der Waals surface area contributed by atoms with Gasteiger partial charge in [-0.2, -0.15) is 0 Å². The predicted molar refractivity (Wildman–Crippen MR) is 120 cm³/mol. The largest absolute Gasteiger partial charge is 0.531 e. The van der Waals surface area contributed by atoms with Crippen molar-refractivity contribution < 1.29 is 28.0 Å². The summed E-state index contributed by atoms with van der Waals surface area (Å²) in [6.45, 7) is 18.9. The molecule has 0 heterocycles. The van der Waals surface area contributed by atoms with Crippen molar-refractivity contribution in [2.75, 3.05) is 0 Å². The Hall–Kier alpha value is -1.36. The van der Waals surface area contributed by atoms with Gasteiger partial charge in [-0.15, -0.1) is 0 Å². The Balaban J connectivity index is 3.64. The van der Waals surface area contributed by atoms with Gasteiger partial charge in [0.25, 0.3) is 0 Å². The Kier molecular flexibility index (Phi) is 8.37. The van der Waals surface area contributed by atoms with E-state index in [1.165, 1.54) is 0 Å². The minimum Gasteiger partial charge on any atom is -0.481 e. The van der Waals surface area contributed by atoms with E-state index >= 15 is 0 Å². The summed E-state index contributed by atoms with van der Waals surface area (Å²) in [5.41, 5.74) is 0.531. The van der Waals surface area contributed by atoms with Gasteiger partial charge in [-0.25, -0.2) is 4.57 Å². The lowest BCUT2D eigenvalue weighted by Crippen LogP contribution is -2.26. The number of carboxylic acid groups (broad SMARTS) is 1. The van der Waals surface area contributed by atoms with Gasteiger partial charge >= 0.3 is 13.8 Å². The molecule has 0 atom stereocenters. The summed E-state index contributed by atoms with van der Waals surface area (Å²) in [6.07, 6.45) is 1.68. The van der Waals surface area contributed by atoms with Gasteiger partial charge in [0.05, 0.1) is 17.6 Å². The van der Waals surface area contributed by atoms with Crippen LogP contribution in [0.15, 0.2) is 12.1 Å². The number of hydrogen-bond acceptors (Lipinski definition) is 5. The lowest BCUT2D eigenvalue weighted by Gasteiger charge is -2.34. The number of carbonyl (C=O) groups is 1. The maximum absolute atomic E-state index is 13.7. The number of carboxylic acids is 1. The fourth-order valence-electron chi connectivity index (χ4n) is 3.64. The first-order chi connectivity index (χ1) is 13.4. The summed E-state index contributed by atoms with van der Waals surface area (Å²) in [5, 5.41) is 9.26. The number of phosphoric acid groups is 1. The van der Waals surface area contributed by atoms with Crippen molar-refractivity contribution in [1.29, 1.82) is 0 Å². The maximum atomic E-state index is 13.7. The fraction of sp³-hybridized carbons (Fsp3) is 0.696. The zero-order valence-electron chi connectivity index (χ0n) is 20.2. The molecule has 0 fully saturated rings. The minimum atomic E-state index is -4.02. The molecule has 7 heteroatoms. The van der Waals surface area contributed by atoms with E-state index in [0.717, 1.165) is 24.0 Å². The van der Waals surface area contributed by atoms with Crippen LogP contribution in [-0.4, -0.2) is 22.3 Å². The van der Waals surface area contributed by atoms with E-state index in [1.807, 2.05) is 13.0 Å². The molecular formula is C23H39O6P. The van der Waals surface area contributed by atoms with Crippen LogP contribution in [0, 0.1) is 6.92 Å². The van der Waals surface area contributed by atoms with Crippen molar-refractivity contribution >= 4 is 13.8 Å². The molecule has 0 spiro atoms. The summed E-state index contributed by atoms with van der Waals surface area (Å²) in [5.74, 6) is -0.595. The third-order valence-corrected chi connectivity index (χ3v) is 6.21. The molecule has 1 N–H and O–H groups in total. The molecule has 0 bridgehead atoms. The van der Waals surface area contributed by atoms with Crippen molar-refractivity contribution in [1.82, 2.24) is 0 Å². The van der Waals surface area contributed by atoms with Crippen LogP contribution >= 0.6 is 7.82 Å². The fourth-order valence-corrected chi connectivity index (χ4v) is 5.48. The molecule has 6 nitrogen and oxygen atoms in total. The van der Waals surface area contributed by atoms with E-state index in [1.54, 1.807) is 47.6 Å². The molecule has 0 aliphatic carbocycles. The topological polar surface area (TPSA) is 82.1 Å². The van der Waals surface area contributed by atoms with E-state index in [4.69, 9.17) is 13.6 Å². The van der Waals surface area contributed by atoms with E-state index < -0.39 is 25.0 Å². The third kappa shape index (κ3) is 8.41. The average molecular weight is 443 g/mol. The highest BCUT2D eigenvalue weighted by atomic mass is 31.2. The van der Waals surface area contributed by atoms with Gasteiger partial charge in [0.1, 0.15) is 5.75 Å². The maximum Gasteiger partial charge on any atom is 0.531 e. The molecule has 1 aromatic carbocycles. The molecule has 30 heavy (non-hydrogen) atoms. The van der Waals surface area contributed by atoms with Gasteiger partial charge < -0.3 is 9.63 Å². The van der Waals surface area contributed by atoms with Gasteiger partial charge in [-0.1, -0.05) is 33.3 Å². The molecule has 0 aliphatic heterocycles. The Morgan fingerprint density at radius 3 is 1.90 bits per heavy atom. The van der Waals surface area contributed by atoms with Crippen LogP contribution in [0.5, 0.6) is 5.75 Å². The SMILES string of the molecule is CCCC(C)(C)c1c(C)cc(CC(=O)O)cc1OP(=O)(OC(C)(C)C)OC(C)(C)C. The minimum absolute atomic E-state index is 0.157. The van der Waals surface area contributed by atoms with Gasteiger partial charge in [0.2, 0.25) is 0 Å². The van der Waals surface area contributed by atoms with E-state index in [9.17, 15) is 14.5 Å². The summed E-state index contributed by atoms with van der Waals surface area (Å²) in [4.78, 5) is 11.3. The number of phosphoric ester groups is 1. The van der Waals surface area contributed by atoms with Crippen LogP contribution in [0.3, 0.4) is 0 Å². The number of aryl methyl sites for hydroxylation is 1. The van der Waals surface area contributed by atoms with Crippen LogP contribution in [0.25, 0.3) is 0 Å². The summed E-state index contributed by atoms with van der Waals surface area (Å²) in [7, 11) is -4.02. The molecule has 0 saturated heterocycles. The Labute approximate surface area is 181 Å². The monoisotopic (exact) mass is 442 g/mol.